The molecule has 98 valence electrons. The summed E-state index contributed by atoms with van der Waals surface area (Å²) >= 11 is 0. The Bertz CT molecular complexity index is 355. The van der Waals surface area contributed by atoms with E-state index >= 15 is 0 Å². The van der Waals surface area contributed by atoms with Crippen molar-refractivity contribution in [1.29, 1.82) is 0 Å². The second-order valence-electron chi connectivity index (χ2n) is 4.07. The van der Waals surface area contributed by atoms with Crippen LogP contribution < -0.4 is 0 Å². The van der Waals surface area contributed by atoms with Crippen LogP contribution in [-0.2, 0) is 19.4 Å². The van der Waals surface area contributed by atoms with Crippen molar-refractivity contribution in [2.75, 3.05) is 6.61 Å². The first kappa shape index (κ1) is 16.0. The van der Waals surface area contributed by atoms with Crippen LogP contribution in [0, 0.1) is 12.8 Å². The van der Waals surface area contributed by atoms with E-state index < -0.39 is 15.1 Å². The summed E-state index contributed by atoms with van der Waals surface area (Å²) in [5, 5.41) is 0.747. The van der Waals surface area contributed by atoms with Gasteiger partial charge in [0.05, 0.1) is 25.2 Å². The summed E-state index contributed by atoms with van der Waals surface area (Å²) in [6.45, 7) is 9.12. The molecule has 0 aromatic heterocycles. The number of ether oxygens (including phenoxy) is 1. The predicted octanol–water partition coefficient (Wildman–Crippen LogP) is 2.12. The number of hydrogen-bond donors (Lipinski definition) is 0. The third kappa shape index (κ3) is 7.05. The molecule has 0 rings (SSSR count). The van der Waals surface area contributed by atoms with Gasteiger partial charge >= 0.3 is 5.97 Å². The van der Waals surface area contributed by atoms with Crippen LogP contribution in [0.3, 0.4) is 0 Å². The molecule has 0 amide bonds. The number of hydrogen-bond acceptors (Lipinski definition) is 4. The van der Waals surface area contributed by atoms with Gasteiger partial charge in [-0.3, -0.25) is 4.79 Å². The fourth-order valence-electron chi connectivity index (χ4n) is 1.01. The van der Waals surface area contributed by atoms with Crippen LogP contribution in [0.15, 0.2) is 11.5 Å². The van der Waals surface area contributed by atoms with E-state index in [0.29, 0.717) is 13.0 Å². The van der Waals surface area contributed by atoms with Gasteiger partial charge in [-0.05, 0) is 26.8 Å². The van der Waals surface area contributed by atoms with Crippen molar-refractivity contribution >= 4 is 15.8 Å². The van der Waals surface area contributed by atoms with Gasteiger partial charge in [0.15, 0.2) is 9.84 Å². The Morgan fingerprint density at radius 2 is 2.00 bits per heavy atom. The quantitative estimate of drug-likeness (QED) is 0.520. The predicted molar refractivity (Wildman–Crippen MR) is 67.9 cm³/mol. The lowest BCUT2D eigenvalue weighted by Gasteiger charge is -2.03. The Kier molecular flexibility index (Phi) is 6.95. The molecule has 4 nitrogen and oxygen atoms in total. The van der Waals surface area contributed by atoms with E-state index in [0.717, 1.165) is 0 Å². The topological polar surface area (TPSA) is 60.4 Å². The molecule has 0 radical (unpaired) electrons. The van der Waals surface area contributed by atoms with Crippen LogP contribution in [0.2, 0.25) is 0 Å². The third-order valence-electron chi connectivity index (χ3n) is 2.22. The van der Waals surface area contributed by atoms with Crippen molar-refractivity contribution in [2.45, 2.75) is 38.9 Å². The van der Waals surface area contributed by atoms with Crippen molar-refractivity contribution in [3.63, 3.8) is 0 Å². The summed E-state index contributed by atoms with van der Waals surface area (Å²) in [6.07, 6.45) is 2.27. The maximum absolute atomic E-state index is 11.5. The summed E-state index contributed by atoms with van der Waals surface area (Å²) < 4.78 is 27.7. The molecule has 0 bridgehead atoms. The summed E-state index contributed by atoms with van der Waals surface area (Å²) in [5.41, 5.74) is 0. The zero-order chi connectivity index (χ0) is 13.5. The second kappa shape index (κ2) is 7.37. The van der Waals surface area contributed by atoms with Crippen molar-refractivity contribution in [3.05, 3.63) is 18.4 Å². The third-order valence-corrected chi connectivity index (χ3v) is 4.07. The first-order chi connectivity index (χ1) is 7.79. The summed E-state index contributed by atoms with van der Waals surface area (Å²) in [5.74, 6) is -0.478. The van der Waals surface area contributed by atoms with Crippen LogP contribution in [0.1, 0.15) is 33.6 Å². The van der Waals surface area contributed by atoms with Gasteiger partial charge in [0.25, 0.3) is 0 Å². The van der Waals surface area contributed by atoms with E-state index in [2.05, 4.69) is 6.92 Å². The van der Waals surface area contributed by atoms with E-state index in [1.807, 2.05) is 0 Å². The molecule has 0 heterocycles. The van der Waals surface area contributed by atoms with Gasteiger partial charge in [0, 0.05) is 11.8 Å². The van der Waals surface area contributed by atoms with Crippen molar-refractivity contribution < 1.29 is 17.9 Å². The van der Waals surface area contributed by atoms with Crippen LogP contribution in [-0.4, -0.2) is 26.2 Å². The average molecular weight is 261 g/mol. The number of carbonyl (C=O) groups excluding carboxylic acids is 1. The smallest absolute Gasteiger partial charge is 0.305 e. The Balaban J connectivity index is 4.15. The minimum Gasteiger partial charge on any atom is -0.466 e. The lowest BCUT2D eigenvalue weighted by atomic mass is 10.1. The van der Waals surface area contributed by atoms with E-state index in [1.54, 1.807) is 20.8 Å². The SMILES string of the molecule is [CH2+]C(/C=C/S(=O)(=O)C(C)C)CCC(=O)OCC. The monoisotopic (exact) mass is 261 g/mol. The van der Waals surface area contributed by atoms with E-state index in [-0.39, 0.29) is 18.3 Å². The lowest BCUT2D eigenvalue weighted by molar-refractivity contribution is -0.143. The molecule has 0 fully saturated rings. The molecule has 0 saturated carbocycles. The van der Waals surface area contributed by atoms with Crippen molar-refractivity contribution in [2.24, 2.45) is 5.92 Å². The molecule has 0 spiro atoms. The molecule has 0 aromatic carbocycles. The van der Waals surface area contributed by atoms with E-state index in [4.69, 9.17) is 4.74 Å². The second-order valence-corrected chi connectivity index (χ2v) is 6.46. The largest absolute Gasteiger partial charge is 0.466 e. The van der Waals surface area contributed by atoms with Crippen molar-refractivity contribution in [3.8, 4) is 0 Å². The fraction of sp³-hybridized carbons (Fsp3) is 0.667. The van der Waals surface area contributed by atoms with Crippen molar-refractivity contribution in [1.82, 2.24) is 0 Å². The number of sulfone groups is 1. The van der Waals surface area contributed by atoms with Gasteiger partial charge in [-0.25, -0.2) is 8.42 Å². The Hall–Kier alpha value is -0.970. The van der Waals surface area contributed by atoms with E-state index in [9.17, 15) is 13.2 Å². The maximum atomic E-state index is 11.5. The molecular formula is C12H21O4S+. The summed E-state index contributed by atoms with van der Waals surface area (Å²) in [4.78, 5) is 11.1. The molecule has 0 aliphatic heterocycles. The highest BCUT2D eigenvalue weighted by molar-refractivity contribution is 7.94. The molecule has 0 aliphatic rings. The zero-order valence-corrected chi connectivity index (χ0v) is 11.5. The zero-order valence-electron chi connectivity index (χ0n) is 10.7. The number of esters is 1. The van der Waals surface area contributed by atoms with Gasteiger partial charge in [-0.1, -0.05) is 0 Å². The molecular weight excluding hydrogens is 240 g/mol. The Labute approximate surface area is 104 Å². The average Bonchev–Trinajstić information content (AvgIpc) is 2.24. The number of carbonyl (C=O) groups is 1. The standard InChI is InChI=1S/C12H21O4S/c1-5-16-12(13)7-6-11(4)8-9-17(14,15)10(2)3/h8-11H,4-7H2,1-3H3/q+1/b9-8+. The van der Waals surface area contributed by atoms with Gasteiger partial charge < -0.3 is 4.74 Å². The minimum absolute atomic E-state index is 0.201. The lowest BCUT2D eigenvalue weighted by Crippen LogP contribution is -2.10. The highest BCUT2D eigenvalue weighted by Crippen LogP contribution is 2.10. The van der Waals surface area contributed by atoms with Gasteiger partial charge in [0.1, 0.15) is 5.92 Å². The highest BCUT2D eigenvalue weighted by atomic mass is 32.2. The number of allylic oxidation sites excluding steroid dienone is 1. The van der Waals surface area contributed by atoms with Gasteiger partial charge in [-0.2, -0.15) is 0 Å². The van der Waals surface area contributed by atoms with E-state index in [1.165, 1.54) is 11.5 Å². The van der Waals surface area contributed by atoms with Crippen LogP contribution in [0.5, 0.6) is 0 Å². The molecule has 17 heavy (non-hydrogen) atoms. The van der Waals surface area contributed by atoms with Crippen LogP contribution in [0.4, 0.5) is 0 Å². The molecule has 1 unspecified atom stereocenters. The number of rotatable bonds is 7. The summed E-state index contributed by atoms with van der Waals surface area (Å²) in [6, 6.07) is 0. The molecule has 0 N–H and O–H groups in total. The first-order valence-electron chi connectivity index (χ1n) is 5.70. The molecule has 1 atom stereocenters. The maximum Gasteiger partial charge on any atom is 0.305 e. The first-order valence-corrected chi connectivity index (χ1v) is 7.31. The van der Waals surface area contributed by atoms with Crippen LogP contribution in [0.25, 0.3) is 0 Å². The molecule has 0 saturated heterocycles. The molecule has 0 aliphatic carbocycles. The van der Waals surface area contributed by atoms with Gasteiger partial charge in [-0.15, -0.1) is 0 Å². The van der Waals surface area contributed by atoms with Crippen LogP contribution >= 0.6 is 0 Å². The fourth-order valence-corrected chi connectivity index (χ4v) is 1.77. The minimum atomic E-state index is -3.18. The normalized spacial score (nSPS) is 14.1. The molecule has 0 aromatic rings. The Morgan fingerprint density at radius 3 is 2.47 bits per heavy atom. The summed E-state index contributed by atoms with van der Waals surface area (Å²) in [7, 11) is -3.18. The van der Waals surface area contributed by atoms with Gasteiger partial charge in [0.2, 0.25) is 0 Å². The highest BCUT2D eigenvalue weighted by Gasteiger charge is 2.14. The Morgan fingerprint density at radius 1 is 1.41 bits per heavy atom. The molecule has 5 heteroatoms.